The van der Waals surface area contributed by atoms with E-state index in [1.807, 2.05) is 26.0 Å². The normalized spacial score (nSPS) is 28.6. The highest BCUT2D eigenvalue weighted by Crippen LogP contribution is 2.39. The monoisotopic (exact) mass is 552 g/mol. The molecular weight excluding hydrogens is 526 g/mol. The van der Waals surface area contributed by atoms with Gasteiger partial charge in [0.2, 0.25) is 0 Å². The summed E-state index contributed by atoms with van der Waals surface area (Å²) in [5.41, 5.74) is 3.44. The van der Waals surface area contributed by atoms with Crippen LogP contribution in [0.1, 0.15) is 47.3 Å². The van der Waals surface area contributed by atoms with Crippen molar-refractivity contribution in [2.75, 3.05) is 13.2 Å². The maximum absolute atomic E-state index is 9.68. The quantitative estimate of drug-likeness (QED) is 0.426. The molecule has 6 nitrogen and oxygen atoms in total. The number of hydrogen-bond acceptors (Lipinski definition) is 6. The summed E-state index contributed by atoms with van der Waals surface area (Å²) >= 11 is 24.1. The molecule has 0 amide bonds. The molecule has 0 saturated carbocycles. The number of aryl methyl sites for hydroxylation is 2. The van der Waals surface area contributed by atoms with Gasteiger partial charge in [-0.25, -0.2) is 0 Å². The van der Waals surface area contributed by atoms with Gasteiger partial charge in [-0.3, -0.25) is 0 Å². The van der Waals surface area contributed by atoms with E-state index in [1.165, 1.54) is 0 Å². The third-order valence-corrected chi connectivity index (χ3v) is 7.53. The van der Waals surface area contributed by atoms with Gasteiger partial charge in [-0.15, -0.1) is 0 Å². The standard InChI is InChI=1S/2C12H14Cl2O3/c2*1-6-2-7(9(14)3-8(6)13)11-4-10(16)12(5-15)17-11/h2*2-3,10-12,15-16H,4-5H2,1H3/t2*10-,11+,12+/m00/s1. The summed E-state index contributed by atoms with van der Waals surface area (Å²) in [6.45, 7) is 3.39. The predicted molar refractivity (Wildman–Crippen MR) is 133 cm³/mol. The third-order valence-electron chi connectivity index (χ3n) is 6.06. The van der Waals surface area contributed by atoms with Crippen molar-refractivity contribution in [3.63, 3.8) is 0 Å². The van der Waals surface area contributed by atoms with Gasteiger partial charge in [0, 0.05) is 32.9 Å². The number of aliphatic hydroxyl groups excluding tert-OH is 4. The zero-order valence-electron chi connectivity index (χ0n) is 18.7. The van der Waals surface area contributed by atoms with Crippen LogP contribution in [0.5, 0.6) is 0 Å². The molecule has 10 heteroatoms. The van der Waals surface area contributed by atoms with Crippen LogP contribution in [0, 0.1) is 13.8 Å². The van der Waals surface area contributed by atoms with Crippen molar-refractivity contribution in [1.82, 2.24) is 0 Å². The highest BCUT2D eigenvalue weighted by atomic mass is 35.5. The molecular formula is C24H28Cl4O6. The van der Waals surface area contributed by atoms with E-state index >= 15 is 0 Å². The van der Waals surface area contributed by atoms with Crippen LogP contribution in [-0.2, 0) is 9.47 Å². The van der Waals surface area contributed by atoms with Gasteiger partial charge in [0.15, 0.2) is 0 Å². The molecule has 0 spiro atoms. The average Bonchev–Trinajstić information content (AvgIpc) is 3.35. The SMILES string of the molecule is Cc1cc([C@H]2C[C@H](O)[C@@H](CO)O2)c(Cl)cc1Cl.Cc1cc([C@H]2C[C@H](O)[C@@H](CO)O2)c(Cl)cc1Cl. The summed E-state index contributed by atoms with van der Waals surface area (Å²) in [5.74, 6) is 0. The topological polar surface area (TPSA) is 99.4 Å². The van der Waals surface area contributed by atoms with Gasteiger partial charge >= 0.3 is 0 Å². The van der Waals surface area contributed by atoms with Gasteiger partial charge < -0.3 is 29.9 Å². The number of aliphatic hydroxyl groups is 4. The highest BCUT2D eigenvalue weighted by Gasteiger charge is 2.36. The van der Waals surface area contributed by atoms with Gasteiger partial charge in [0.1, 0.15) is 12.2 Å². The highest BCUT2D eigenvalue weighted by molar-refractivity contribution is 6.36. The molecule has 4 rings (SSSR count). The van der Waals surface area contributed by atoms with E-state index in [-0.39, 0.29) is 25.4 Å². The van der Waals surface area contributed by atoms with Crippen LogP contribution in [0.15, 0.2) is 24.3 Å². The summed E-state index contributed by atoms with van der Waals surface area (Å²) in [6, 6.07) is 7.08. The Labute approximate surface area is 218 Å². The Balaban J connectivity index is 0.000000191. The summed E-state index contributed by atoms with van der Waals surface area (Å²) in [5, 5.41) is 39.7. The molecule has 2 aromatic rings. The fourth-order valence-electron chi connectivity index (χ4n) is 4.04. The van der Waals surface area contributed by atoms with Gasteiger partial charge in [-0.1, -0.05) is 58.5 Å². The number of rotatable bonds is 4. The first kappa shape index (κ1) is 27.9. The summed E-state index contributed by atoms with van der Waals surface area (Å²) < 4.78 is 11.1. The number of benzene rings is 2. The van der Waals surface area contributed by atoms with Crippen molar-refractivity contribution >= 4 is 46.4 Å². The van der Waals surface area contributed by atoms with E-state index in [1.54, 1.807) is 12.1 Å². The molecule has 0 bridgehead atoms. The van der Waals surface area contributed by atoms with Gasteiger partial charge in [0.05, 0.1) is 37.6 Å². The Morgan fingerprint density at radius 3 is 1.32 bits per heavy atom. The molecule has 2 aliphatic heterocycles. The van der Waals surface area contributed by atoms with Gasteiger partial charge in [0.25, 0.3) is 0 Å². The van der Waals surface area contributed by atoms with Crippen molar-refractivity contribution in [1.29, 1.82) is 0 Å². The van der Waals surface area contributed by atoms with Crippen LogP contribution >= 0.6 is 46.4 Å². The maximum Gasteiger partial charge on any atom is 0.107 e. The lowest BCUT2D eigenvalue weighted by Gasteiger charge is -2.15. The first-order valence-corrected chi connectivity index (χ1v) is 12.4. The number of ether oxygens (including phenoxy) is 2. The second kappa shape index (κ2) is 12.1. The van der Waals surface area contributed by atoms with Crippen molar-refractivity contribution in [2.24, 2.45) is 0 Å². The number of hydrogen-bond donors (Lipinski definition) is 4. The van der Waals surface area contributed by atoms with Crippen molar-refractivity contribution < 1.29 is 29.9 Å². The minimum Gasteiger partial charge on any atom is -0.394 e. The smallest absolute Gasteiger partial charge is 0.107 e. The van der Waals surface area contributed by atoms with E-state index in [0.717, 1.165) is 22.3 Å². The zero-order valence-corrected chi connectivity index (χ0v) is 21.7. The van der Waals surface area contributed by atoms with Crippen LogP contribution in [0.2, 0.25) is 20.1 Å². The minimum atomic E-state index is -0.656. The van der Waals surface area contributed by atoms with Crippen molar-refractivity contribution in [3.05, 3.63) is 66.6 Å². The second-order valence-electron chi connectivity index (χ2n) is 8.54. The van der Waals surface area contributed by atoms with E-state index < -0.39 is 24.4 Å². The van der Waals surface area contributed by atoms with Gasteiger partial charge in [-0.05, 0) is 48.2 Å². The van der Waals surface area contributed by atoms with Crippen LogP contribution in [0.25, 0.3) is 0 Å². The largest absolute Gasteiger partial charge is 0.394 e. The summed E-state index contributed by atoms with van der Waals surface area (Å²) in [7, 11) is 0. The summed E-state index contributed by atoms with van der Waals surface area (Å²) in [6.07, 6.45) is -2.08. The molecule has 188 valence electrons. The lowest BCUT2D eigenvalue weighted by Crippen LogP contribution is -2.24. The van der Waals surface area contributed by atoms with E-state index in [4.69, 9.17) is 66.1 Å². The molecule has 2 aliphatic rings. The average molecular weight is 554 g/mol. The molecule has 0 unspecified atom stereocenters. The molecule has 2 saturated heterocycles. The van der Waals surface area contributed by atoms with E-state index in [9.17, 15) is 10.2 Å². The Bertz CT molecular complexity index is 924. The van der Waals surface area contributed by atoms with Crippen LogP contribution < -0.4 is 0 Å². The molecule has 6 atom stereocenters. The van der Waals surface area contributed by atoms with E-state index in [0.29, 0.717) is 32.9 Å². The van der Waals surface area contributed by atoms with Crippen molar-refractivity contribution in [2.45, 2.75) is 63.3 Å². The zero-order chi connectivity index (χ0) is 25.2. The fourth-order valence-corrected chi connectivity index (χ4v) is 5.05. The Morgan fingerprint density at radius 1 is 0.676 bits per heavy atom. The molecule has 2 fully saturated rings. The fraction of sp³-hybridized carbons (Fsp3) is 0.500. The molecule has 4 N–H and O–H groups in total. The lowest BCUT2D eigenvalue weighted by atomic mass is 10.0. The van der Waals surface area contributed by atoms with Crippen LogP contribution in [-0.4, -0.2) is 58.1 Å². The molecule has 34 heavy (non-hydrogen) atoms. The maximum atomic E-state index is 9.68. The number of halogens is 4. The lowest BCUT2D eigenvalue weighted by molar-refractivity contribution is -0.0225. The van der Waals surface area contributed by atoms with Crippen LogP contribution in [0.3, 0.4) is 0 Å². The Kier molecular flexibility index (Phi) is 9.91. The molecule has 0 aromatic heterocycles. The van der Waals surface area contributed by atoms with E-state index in [2.05, 4.69) is 0 Å². The Hall–Kier alpha value is -0.640. The molecule has 0 radical (unpaired) electrons. The van der Waals surface area contributed by atoms with Crippen molar-refractivity contribution in [3.8, 4) is 0 Å². The predicted octanol–water partition coefficient (Wildman–Crippen LogP) is 4.97. The molecule has 2 heterocycles. The first-order valence-electron chi connectivity index (χ1n) is 10.9. The Morgan fingerprint density at radius 2 is 1.03 bits per heavy atom. The third kappa shape index (κ3) is 6.37. The van der Waals surface area contributed by atoms with Gasteiger partial charge in [-0.2, -0.15) is 0 Å². The minimum absolute atomic E-state index is 0.193. The van der Waals surface area contributed by atoms with Crippen LogP contribution in [0.4, 0.5) is 0 Å². The molecule has 2 aromatic carbocycles. The second-order valence-corrected chi connectivity index (χ2v) is 10.2. The first-order chi connectivity index (χ1) is 16.0. The molecule has 0 aliphatic carbocycles. The summed E-state index contributed by atoms with van der Waals surface area (Å²) in [4.78, 5) is 0.